The molecule has 2 heterocycles. The van der Waals surface area contributed by atoms with Crippen LogP contribution in [-0.2, 0) is 16.0 Å². The summed E-state index contributed by atoms with van der Waals surface area (Å²) >= 11 is 0. The number of carbonyl (C=O) groups excluding carboxylic acids is 2. The maximum atomic E-state index is 12.4. The number of benzene rings is 1. The maximum Gasteiger partial charge on any atom is 0.315 e. The van der Waals surface area contributed by atoms with Crippen molar-refractivity contribution < 1.29 is 18.8 Å². The molecule has 9 heteroatoms. The van der Waals surface area contributed by atoms with Crippen molar-refractivity contribution in [3.63, 3.8) is 0 Å². The Kier molecular flexibility index (Phi) is 6.72. The first kappa shape index (κ1) is 20.0. The zero-order valence-corrected chi connectivity index (χ0v) is 16.1. The number of rotatable bonds is 7. The summed E-state index contributed by atoms with van der Waals surface area (Å²) in [5, 5.41) is 6.58. The molecule has 1 aliphatic heterocycles. The van der Waals surface area contributed by atoms with E-state index in [4.69, 9.17) is 9.26 Å². The molecule has 1 saturated heterocycles. The Labute approximate surface area is 163 Å². The minimum Gasteiger partial charge on any atom is -0.378 e. The number of morpholine rings is 1. The van der Waals surface area contributed by atoms with E-state index < -0.39 is 5.91 Å². The molecule has 0 radical (unpaired) electrons. The van der Waals surface area contributed by atoms with Crippen molar-refractivity contribution in [2.75, 3.05) is 46.9 Å². The fourth-order valence-electron chi connectivity index (χ4n) is 3.02. The van der Waals surface area contributed by atoms with Crippen LogP contribution in [-0.4, -0.2) is 78.7 Å². The Morgan fingerprint density at radius 2 is 1.93 bits per heavy atom. The number of ether oxygens (including phenoxy) is 1. The summed E-state index contributed by atoms with van der Waals surface area (Å²) in [5.74, 6) is -0.502. The molecule has 28 heavy (non-hydrogen) atoms. The molecule has 1 aromatic carbocycles. The van der Waals surface area contributed by atoms with E-state index in [1.54, 1.807) is 4.90 Å². The van der Waals surface area contributed by atoms with Crippen LogP contribution < -0.4 is 5.32 Å². The van der Waals surface area contributed by atoms with Gasteiger partial charge in [0.05, 0.1) is 25.7 Å². The van der Waals surface area contributed by atoms with Gasteiger partial charge in [0.25, 0.3) is 0 Å². The molecule has 1 aliphatic rings. The number of likely N-dealkylation sites (N-methyl/N-ethyl adjacent to an activating group) is 1. The minimum atomic E-state index is -0.458. The number of nitrogens with zero attached hydrogens (tertiary/aromatic N) is 4. The Morgan fingerprint density at radius 1 is 1.21 bits per heavy atom. The lowest BCUT2D eigenvalue weighted by atomic mass is 10.1. The van der Waals surface area contributed by atoms with Crippen LogP contribution in [0.15, 0.2) is 34.9 Å². The van der Waals surface area contributed by atoms with Gasteiger partial charge in [0.15, 0.2) is 5.82 Å². The number of hydrogen-bond donors (Lipinski definition) is 1. The van der Waals surface area contributed by atoms with Crippen molar-refractivity contribution in [3.05, 3.63) is 47.6 Å². The van der Waals surface area contributed by atoms with Gasteiger partial charge < -0.3 is 24.4 Å². The fourth-order valence-corrected chi connectivity index (χ4v) is 3.02. The van der Waals surface area contributed by atoms with Crippen molar-refractivity contribution in [3.8, 4) is 0 Å². The van der Waals surface area contributed by atoms with Crippen LogP contribution in [0, 0.1) is 0 Å². The van der Waals surface area contributed by atoms with Crippen molar-refractivity contribution in [1.82, 2.24) is 25.3 Å². The molecule has 0 bridgehead atoms. The van der Waals surface area contributed by atoms with Crippen LogP contribution in [0.25, 0.3) is 0 Å². The van der Waals surface area contributed by atoms with Gasteiger partial charge in [0.1, 0.15) is 0 Å². The SMILES string of the molecule is CN(C)[C@@H](CNC(=O)c1nc(CC(=O)N2CCOCC2)no1)c1ccccc1. The van der Waals surface area contributed by atoms with Gasteiger partial charge in [0, 0.05) is 19.6 Å². The van der Waals surface area contributed by atoms with Gasteiger partial charge >= 0.3 is 11.8 Å². The lowest BCUT2D eigenvalue weighted by Crippen LogP contribution is -2.41. The first-order chi connectivity index (χ1) is 13.5. The number of nitrogens with one attached hydrogen (secondary N) is 1. The normalized spacial score (nSPS) is 15.5. The summed E-state index contributed by atoms with van der Waals surface area (Å²) < 4.78 is 10.3. The van der Waals surface area contributed by atoms with E-state index in [1.807, 2.05) is 49.3 Å². The predicted octanol–water partition coefficient (Wildman–Crippen LogP) is 0.504. The second-order valence-electron chi connectivity index (χ2n) is 6.79. The van der Waals surface area contributed by atoms with Gasteiger partial charge in [-0.05, 0) is 19.7 Å². The van der Waals surface area contributed by atoms with Crippen LogP contribution in [0.5, 0.6) is 0 Å². The summed E-state index contributed by atoms with van der Waals surface area (Å²) in [4.78, 5) is 32.4. The highest BCUT2D eigenvalue weighted by atomic mass is 16.5. The van der Waals surface area contributed by atoms with Crippen molar-refractivity contribution in [1.29, 1.82) is 0 Å². The van der Waals surface area contributed by atoms with Gasteiger partial charge in [-0.15, -0.1) is 0 Å². The fraction of sp³-hybridized carbons (Fsp3) is 0.474. The lowest BCUT2D eigenvalue weighted by Gasteiger charge is -2.26. The molecular weight excluding hydrogens is 362 g/mol. The van der Waals surface area contributed by atoms with Crippen molar-refractivity contribution in [2.24, 2.45) is 0 Å². The first-order valence-corrected chi connectivity index (χ1v) is 9.22. The summed E-state index contributed by atoms with van der Waals surface area (Å²) in [7, 11) is 3.90. The maximum absolute atomic E-state index is 12.4. The van der Waals surface area contributed by atoms with Crippen LogP contribution in [0.2, 0.25) is 0 Å². The Balaban J connectivity index is 1.55. The van der Waals surface area contributed by atoms with Crippen LogP contribution >= 0.6 is 0 Å². The van der Waals surface area contributed by atoms with Gasteiger partial charge in [-0.3, -0.25) is 9.59 Å². The molecule has 0 aliphatic carbocycles. The Hall–Kier alpha value is -2.78. The second kappa shape index (κ2) is 9.43. The second-order valence-corrected chi connectivity index (χ2v) is 6.79. The van der Waals surface area contributed by atoms with Gasteiger partial charge in [0.2, 0.25) is 5.91 Å². The number of amides is 2. The third-order valence-electron chi connectivity index (χ3n) is 4.60. The van der Waals surface area contributed by atoms with E-state index in [9.17, 15) is 9.59 Å². The quantitative estimate of drug-likeness (QED) is 0.738. The van der Waals surface area contributed by atoms with E-state index in [0.29, 0.717) is 32.8 Å². The topological polar surface area (TPSA) is 101 Å². The molecule has 2 amide bonds. The van der Waals surface area contributed by atoms with Crippen LogP contribution in [0.4, 0.5) is 0 Å². The zero-order valence-electron chi connectivity index (χ0n) is 16.1. The predicted molar refractivity (Wildman–Crippen MR) is 101 cm³/mol. The van der Waals surface area contributed by atoms with Gasteiger partial charge in [-0.1, -0.05) is 35.5 Å². The molecule has 1 fully saturated rings. The number of aromatic nitrogens is 2. The molecular formula is C19H25N5O4. The average Bonchev–Trinajstić information content (AvgIpc) is 3.18. The molecule has 0 spiro atoms. The standard InChI is InChI=1S/C19H25N5O4/c1-23(2)15(14-6-4-3-5-7-14)13-20-18(26)19-21-16(22-28-19)12-17(25)24-8-10-27-11-9-24/h3-7,15H,8-13H2,1-2H3,(H,20,26)/t15-/m0/s1. The highest BCUT2D eigenvalue weighted by Crippen LogP contribution is 2.16. The summed E-state index contributed by atoms with van der Waals surface area (Å²) in [5.41, 5.74) is 1.09. The van der Waals surface area contributed by atoms with Crippen molar-refractivity contribution >= 4 is 11.8 Å². The lowest BCUT2D eigenvalue weighted by molar-refractivity contribution is -0.134. The minimum absolute atomic E-state index is 0.00111. The highest BCUT2D eigenvalue weighted by Gasteiger charge is 2.22. The number of carbonyl (C=O) groups is 2. The number of hydrogen-bond acceptors (Lipinski definition) is 7. The van der Waals surface area contributed by atoms with Crippen LogP contribution in [0.1, 0.15) is 28.1 Å². The molecule has 1 aromatic heterocycles. The third kappa shape index (κ3) is 5.14. The monoisotopic (exact) mass is 387 g/mol. The molecule has 3 rings (SSSR count). The van der Waals surface area contributed by atoms with Crippen molar-refractivity contribution in [2.45, 2.75) is 12.5 Å². The average molecular weight is 387 g/mol. The summed E-state index contributed by atoms with van der Waals surface area (Å²) in [6.45, 7) is 2.55. The van der Waals surface area contributed by atoms with Gasteiger partial charge in [-0.2, -0.15) is 4.98 Å². The first-order valence-electron chi connectivity index (χ1n) is 9.22. The molecule has 0 unspecified atom stereocenters. The van der Waals surface area contributed by atoms with Gasteiger partial charge in [-0.25, -0.2) is 0 Å². The largest absolute Gasteiger partial charge is 0.378 e. The molecule has 0 saturated carbocycles. The molecule has 150 valence electrons. The van der Waals surface area contributed by atoms with E-state index >= 15 is 0 Å². The summed E-state index contributed by atoms with van der Waals surface area (Å²) in [6.07, 6.45) is 0.00111. The molecule has 1 atom stereocenters. The highest BCUT2D eigenvalue weighted by molar-refractivity contribution is 5.89. The van der Waals surface area contributed by atoms with E-state index in [2.05, 4.69) is 15.5 Å². The smallest absolute Gasteiger partial charge is 0.315 e. The Morgan fingerprint density at radius 3 is 2.61 bits per heavy atom. The zero-order chi connectivity index (χ0) is 19.9. The van der Waals surface area contributed by atoms with Crippen LogP contribution in [0.3, 0.4) is 0 Å². The molecule has 2 aromatic rings. The Bertz CT molecular complexity index is 787. The summed E-state index contributed by atoms with van der Waals surface area (Å²) in [6, 6.07) is 9.91. The van der Waals surface area contributed by atoms with E-state index in [1.165, 1.54) is 0 Å². The molecule has 1 N–H and O–H groups in total. The van der Waals surface area contributed by atoms with E-state index in [0.717, 1.165) is 5.56 Å². The third-order valence-corrected chi connectivity index (χ3v) is 4.60. The van der Waals surface area contributed by atoms with E-state index in [-0.39, 0.29) is 30.1 Å². The molecule has 9 nitrogen and oxygen atoms in total.